The van der Waals surface area contributed by atoms with Crippen LogP contribution in [-0.2, 0) is 11.2 Å². The van der Waals surface area contributed by atoms with Gasteiger partial charge in [-0.15, -0.1) is 0 Å². The number of nitriles is 1. The predicted molar refractivity (Wildman–Crippen MR) is 122 cm³/mol. The first-order chi connectivity index (χ1) is 14.9. The number of aryl methyl sites for hydroxylation is 2. The van der Waals surface area contributed by atoms with E-state index in [2.05, 4.69) is 37.4 Å². The van der Waals surface area contributed by atoms with Crippen molar-refractivity contribution in [3.63, 3.8) is 0 Å². The summed E-state index contributed by atoms with van der Waals surface area (Å²) in [6.07, 6.45) is 2.23. The van der Waals surface area contributed by atoms with Crippen molar-refractivity contribution in [3.05, 3.63) is 94.1 Å². The Labute approximate surface area is 182 Å². The van der Waals surface area contributed by atoms with E-state index in [1.807, 2.05) is 24.3 Å². The van der Waals surface area contributed by atoms with Crippen LogP contribution in [0.5, 0.6) is 11.5 Å². The molecule has 3 rings (SSSR count). The monoisotopic (exact) mass is 412 g/mol. The minimum absolute atomic E-state index is 0.0140. The fraction of sp³-hybridized carbons (Fsp3) is 0.154. The van der Waals surface area contributed by atoms with Crippen molar-refractivity contribution in [2.45, 2.75) is 20.3 Å². The lowest BCUT2D eigenvalue weighted by atomic mass is 9.96. The van der Waals surface area contributed by atoms with Gasteiger partial charge in [0.1, 0.15) is 23.1 Å². The van der Waals surface area contributed by atoms with Gasteiger partial charge in [0.15, 0.2) is 0 Å². The molecule has 2 N–H and O–H groups in total. The Morgan fingerprint density at radius 3 is 2.35 bits per heavy atom. The number of benzene rings is 3. The van der Waals surface area contributed by atoms with Gasteiger partial charge in [-0.2, -0.15) is 5.26 Å². The second-order valence-electron chi connectivity index (χ2n) is 7.41. The summed E-state index contributed by atoms with van der Waals surface area (Å²) in [6, 6.07) is 20.0. The number of anilines is 1. The van der Waals surface area contributed by atoms with Crippen LogP contribution in [0.4, 0.5) is 5.69 Å². The molecule has 0 spiro atoms. The number of aromatic hydroxyl groups is 1. The van der Waals surface area contributed by atoms with Gasteiger partial charge in [0.25, 0.3) is 5.91 Å². The van der Waals surface area contributed by atoms with E-state index in [0.29, 0.717) is 17.9 Å². The van der Waals surface area contributed by atoms with Gasteiger partial charge in [0, 0.05) is 5.69 Å². The number of hydrogen-bond donors (Lipinski definition) is 2. The molecule has 0 aliphatic carbocycles. The minimum atomic E-state index is -0.513. The van der Waals surface area contributed by atoms with Gasteiger partial charge in [-0.1, -0.05) is 35.4 Å². The largest absolute Gasteiger partial charge is 0.508 e. The number of carbonyl (C=O) groups excluding carboxylic acids is 1. The van der Waals surface area contributed by atoms with Crippen LogP contribution in [-0.4, -0.2) is 18.1 Å². The topological polar surface area (TPSA) is 82.3 Å². The molecule has 0 saturated heterocycles. The maximum Gasteiger partial charge on any atom is 0.266 e. The first kappa shape index (κ1) is 21.7. The highest BCUT2D eigenvalue weighted by Gasteiger charge is 2.12. The molecular formula is C26H24N2O3. The third-order valence-corrected chi connectivity index (χ3v) is 4.82. The zero-order valence-corrected chi connectivity index (χ0v) is 17.8. The summed E-state index contributed by atoms with van der Waals surface area (Å²) in [5.74, 6) is 0.299. The average Bonchev–Trinajstić information content (AvgIpc) is 2.73. The molecule has 0 radical (unpaired) electrons. The molecule has 0 unspecified atom stereocenters. The molecule has 156 valence electrons. The van der Waals surface area contributed by atoms with Gasteiger partial charge >= 0.3 is 0 Å². The number of amides is 1. The van der Waals surface area contributed by atoms with Gasteiger partial charge < -0.3 is 15.2 Å². The van der Waals surface area contributed by atoms with E-state index in [1.165, 1.54) is 23.3 Å². The molecule has 3 aromatic rings. The molecule has 31 heavy (non-hydrogen) atoms. The molecule has 0 heterocycles. The van der Waals surface area contributed by atoms with E-state index in [0.717, 1.165) is 16.7 Å². The van der Waals surface area contributed by atoms with Crippen molar-refractivity contribution in [2.24, 2.45) is 0 Å². The second kappa shape index (κ2) is 9.64. The van der Waals surface area contributed by atoms with Crippen LogP contribution >= 0.6 is 0 Å². The van der Waals surface area contributed by atoms with E-state index >= 15 is 0 Å². The zero-order valence-electron chi connectivity index (χ0n) is 17.8. The Hall–Kier alpha value is -4.04. The van der Waals surface area contributed by atoms with Gasteiger partial charge in [-0.25, -0.2) is 0 Å². The minimum Gasteiger partial charge on any atom is -0.508 e. The van der Waals surface area contributed by atoms with Gasteiger partial charge in [0.05, 0.1) is 7.11 Å². The smallest absolute Gasteiger partial charge is 0.266 e. The zero-order chi connectivity index (χ0) is 22.4. The molecule has 0 saturated carbocycles. The van der Waals surface area contributed by atoms with Crippen LogP contribution in [0.25, 0.3) is 6.08 Å². The summed E-state index contributed by atoms with van der Waals surface area (Å²) in [5.41, 5.74) is 5.72. The van der Waals surface area contributed by atoms with Gasteiger partial charge in [0.2, 0.25) is 0 Å². The third-order valence-electron chi connectivity index (χ3n) is 4.82. The molecule has 5 heteroatoms. The van der Waals surface area contributed by atoms with E-state index < -0.39 is 5.91 Å². The lowest BCUT2D eigenvalue weighted by molar-refractivity contribution is -0.112. The van der Waals surface area contributed by atoms with Crippen LogP contribution in [0, 0.1) is 25.2 Å². The Morgan fingerprint density at radius 2 is 1.74 bits per heavy atom. The summed E-state index contributed by atoms with van der Waals surface area (Å²) < 4.78 is 5.38. The Morgan fingerprint density at radius 1 is 1.06 bits per heavy atom. The van der Waals surface area contributed by atoms with Crippen molar-refractivity contribution >= 4 is 17.7 Å². The number of phenols is 1. The van der Waals surface area contributed by atoms with Crippen molar-refractivity contribution in [1.29, 1.82) is 5.26 Å². The highest BCUT2D eigenvalue weighted by Crippen LogP contribution is 2.24. The molecule has 0 aliphatic rings. The number of nitrogens with one attached hydrogen (secondary N) is 1. The van der Waals surface area contributed by atoms with Crippen LogP contribution in [0.3, 0.4) is 0 Å². The number of phenolic OH excluding ortho intramolecular Hbond substituents is 1. The molecule has 0 aliphatic heterocycles. The fourth-order valence-electron chi connectivity index (χ4n) is 3.44. The average molecular weight is 412 g/mol. The number of methoxy groups -OCH3 is 1. The first-order valence-electron chi connectivity index (χ1n) is 9.84. The standard InChI is InChI=1S/C26H24N2O3/c1-17-10-18(2)12-19(11-17)13-21-15-25(31-3)9-4-20(21)14-22(16-27)26(30)28-23-5-7-24(29)8-6-23/h4-12,14-15,29H,13H2,1-3H3,(H,28,30)/b22-14+. The Bertz CT molecular complexity index is 1150. The summed E-state index contributed by atoms with van der Waals surface area (Å²) >= 11 is 0. The lowest BCUT2D eigenvalue weighted by Crippen LogP contribution is -2.13. The lowest BCUT2D eigenvalue weighted by Gasteiger charge is -2.11. The number of hydrogen-bond acceptors (Lipinski definition) is 4. The third kappa shape index (κ3) is 5.74. The van der Waals surface area contributed by atoms with E-state index in [4.69, 9.17) is 4.74 Å². The molecule has 0 aromatic heterocycles. The summed E-state index contributed by atoms with van der Waals surface area (Å²) in [6.45, 7) is 4.12. The highest BCUT2D eigenvalue weighted by molar-refractivity contribution is 6.09. The summed E-state index contributed by atoms with van der Waals surface area (Å²) in [5, 5.41) is 21.7. The van der Waals surface area contributed by atoms with Gasteiger partial charge in [-0.3, -0.25) is 4.79 Å². The van der Waals surface area contributed by atoms with E-state index in [1.54, 1.807) is 25.3 Å². The number of rotatable bonds is 6. The number of nitrogens with zero attached hydrogens (tertiary/aromatic N) is 1. The van der Waals surface area contributed by atoms with Gasteiger partial charge in [-0.05, 0) is 79.4 Å². The molecule has 0 atom stereocenters. The predicted octanol–water partition coefficient (Wildman–Crippen LogP) is 5.15. The second-order valence-corrected chi connectivity index (χ2v) is 7.41. The maximum atomic E-state index is 12.6. The highest BCUT2D eigenvalue weighted by atomic mass is 16.5. The SMILES string of the molecule is COc1ccc(/C=C(\C#N)C(=O)Nc2ccc(O)cc2)c(Cc2cc(C)cc(C)c2)c1. The maximum absolute atomic E-state index is 12.6. The first-order valence-corrected chi connectivity index (χ1v) is 9.84. The quantitative estimate of drug-likeness (QED) is 0.333. The van der Waals surface area contributed by atoms with E-state index in [9.17, 15) is 15.2 Å². The van der Waals surface area contributed by atoms with Crippen molar-refractivity contribution in [3.8, 4) is 17.6 Å². The molecule has 0 fully saturated rings. The molecule has 0 bridgehead atoms. The Kier molecular flexibility index (Phi) is 6.74. The summed E-state index contributed by atoms with van der Waals surface area (Å²) in [7, 11) is 1.61. The van der Waals surface area contributed by atoms with Crippen LogP contribution in [0.1, 0.15) is 27.8 Å². The van der Waals surface area contributed by atoms with E-state index in [-0.39, 0.29) is 11.3 Å². The Balaban J connectivity index is 1.93. The molecule has 3 aromatic carbocycles. The molecule has 5 nitrogen and oxygen atoms in total. The van der Waals surface area contributed by atoms with Crippen molar-refractivity contribution in [1.82, 2.24) is 0 Å². The molecular weight excluding hydrogens is 388 g/mol. The van der Waals surface area contributed by atoms with Crippen LogP contribution in [0.2, 0.25) is 0 Å². The normalized spacial score (nSPS) is 11.0. The fourth-order valence-corrected chi connectivity index (χ4v) is 3.44. The number of ether oxygens (including phenoxy) is 1. The van der Waals surface area contributed by atoms with Crippen LogP contribution < -0.4 is 10.1 Å². The molecule has 1 amide bonds. The van der Waals surface area contributed by atoms with Crippen LogP contribution in [0.15, 0.2) is 66.2 Å². The van der Waals surface area contributed by atoms with Crippen molar-refractivity contribution < 1.29 is 14.6 Å². The summed E-state index contributed by atoms with van der Waals surface area (Å²) in [4.78, 5) is 12.6. The van der Waals surface area contributed by atoms with Crippen molar-refractivity contribution in [2.75, 3.05) is 12.4 Å². The number of carbonyl (C=O) groups is 1.